The summed E-state index contributed by atoms with van der Waals surface area (Å²) >= 11 is 0. The molecule has 1 aliphatic carbocycles. The van der Waals surface area contributed by atoms with E-state index in [9.17, 15) is 25.2 Å². The molecule has 0 heterocycles. The van der Waals surface area contributed by atoms with Crippen LogP contribution in [-0.2, 0) is 19.5 Å². The number of hydrogen-bond acceptors (Lipinski definition) is 0. The molecule has 0 fully saturated rings. The fourth-order valence-corrected chi connectivity index (χ4v) is 1.41. The van der Waals surface area contributed by atoms with Gasteiger partial charge in [-0.05, 0) is 38.8 Å². The van der Waals surface area contributed by atoms with Crippen molar-refractivity contribution in [2.75, 3.05) is 0 Å². The second-order valence-corrected chi connectivity index (χ2v) is 6.00. The van der Waals surface area contributed by atoms with Gasteiger partial charge in [0.15, 0.2) is 0 Å². The van der Waals surface area contributed by atoms with E-state index in [0.717, 1.165) is 0 Å². The van der Waals surface area contributed by atoms with Gasteiger partial charge in [0.05, 0.1) is 0 Å². The van der Waals surface area contributed by atoms with Crippen LogP contribution < -0.4 is 0 Å². The molecule has 8 heteroatoms. The first-order valence-corrected chi connectivity index (χ1v) is 6.79. The van der Waals surface area contributed by atoms with Crippen molar-refractivity contribution < 1.29 is 44.7 Å². The first-order valence-electron chi connectivity index (χ1n) is 4.76. The molecule has 0 aliphatic heterocycles. The Morgan fingerprint density at radius 1 is 0.556 bits per heavy atom. The third-order valence-electron chi connectivity index (χ3n) is 2.81. The van der Waals surface area contributed by atoms with E-state index in [-0.39, 0.29) is 19.5 Å². The first-order chi connectivity index (χ1) is 7.00. The smallest absolute Gasteiger partial charge is 0 e. The predicted molar refractivity (Wildman–Crippen MR) is 59.2 cm³/mol. The topological polar surface area (TPSA) is 0 Å². The monoisotopic (exact) mass is 382 g/mol. The van der Waals surface area contributed by atoms with E-state index in [1.165, 1.54) is 28.2 Å². The van der Waals surface area contributed by atoms with Crippen molar-refractivity contribution in [1.82, 2.24) is 0 Å². The molecule has 0 bridgehead atoms. The Balaban J connectivity index is 0. The molecule has 0 spiro atoms. The molecule has 0 amide bonds. The average molecular weight is 381 g/mol. The van der Waals surface area contributed by atoms with Crippen LogP contribution in [0.25, 0.3) is 0 Å². The van der Waals surface area contributed by atoms with Crippen molar-refractivity contribution in [2.24, 2.45) is 0 Å². The van der Waals surface area contributed by atoms with Gasteiger partial charge >= 0.3 is 33.0 Å². The fourth-order valence-electron chi connectivity index (χ4n) is 1.41. The van der Waals surface area contributed by atoms with Crippen molar-refractivity contribution >= 4 is 7.81 Å². The Labute approximate surface area is 116 Å². The van der Waals surface area contributed by atoms with E-state index in [2.05, 4.69) is 34.6 Å². The molecular formula is C10H15F6PRu-. The molecular weight excluding hydrogens is 366 g/mol. The number of hydrogen-bond donors (Lipinski definition) is 0. The van der Waals surface area contributed by atoms with Gasteiger partial charge in [-0.3, -0.25) is 0 Å². The van der Waals surface area contributed by atoms with Gasteiger partial charge in [-0.2, -0.15) is 0 Å². The molecule has 1 aliphatic rings. The summed E-state index contributed by atoms with van der Waals surface area (Å²) in [6, 6.07) is 0. The van der Waals surface area contributed by atoms with E-state index < -0.39 is 7.81 Å². The summed E-state index contributed by atoms with van der Waals surface area (Å²) in [7, 11) is -10.7. The summed E-state index contributed by atoms with van der Waals surface area (Å²) in [5.74, 6) is 1.47. The Morgan fingerprint density at radius 2 is 0.722 bits per heavy atom. The molecule has 0 atom stereocenters. The van der Waals surface area contributed by atoms with E-state index in [0.29, 0.717) is 0 Å². The molecule has 111 valence electrons. The Kier molecular flexibility index (Phi) is 5.56. The number of allylic oxidation sites excluding steroid dienone is 4. The van der Waals surface area contributed by atoms with Gasteiger partial charge in [0, 0.05) is 25.4 Å². The molecule has 1 rings (SSSR count). The predicted octanol–water partition coefficient (Wildman–Crippen LogP) is 6.65. The molecule has 0 unspecified atom stereocenters. The maximum absolute atomic E-state index is 10.7. The summed E-state index contributed by atoms with van der Waals surface area (Å²) < 4.78 is 59.2. The second kappa shape index (κ2) is 4.90. The number of halogens is 6. The van der Waals surface area contributed by atoms with Crippen molar-refractivity contribution in [3.63, 3.8) is 0 Å². The normalized spacial score (nSPS) is 20.8. The van der Waals surface area contributed by atoms with Gasteiger partial charge in [-0.1, -0.05) is 18.1 Å². The van der Waals surface area contributed by atoms with Gasteiger partial charge in [0.25, 0.3) is 0 Å². The molecule has 0 saturated heterocycles. The first kappa shape index (κ1) is 20.4. The summed E-state index contributed by atoms with van der Waals surface area (Å²) in [5.41, 5.74) is 5.87. The third kappa shape index (κ3) is 9.10. The van der Waals surface area contributed by atoms with E-state index >= 15 is 0 Å². The molecule has 0 aromatic carbocycles. The van der Waals surface area contributed by atoms with Crippen LogP contribution in [0.3, 0.4) is 0 Å². The maximum atomic E-state index is 9.87. The average Bonchev–Trinajstić information content (AvgIpc) is 2.18. The molecule has 0 aromatic heterocycles. The Bertz CT molecular complexity index is 353. The van der Waals surface area contributed by atoms with Crippen LogP contribution in [0.15, 0.2) is 22.3 Å². The van der Waals surface area contributed by atoms with Gasteiger partial charge in [0.1, 0.15) is 0 Å². The SMILES string of the molecule is C[C]1C(C)=C(C)C(C)=C1C.F[P-](F)(F)(F)(F)F.[Ru]. The quantitative estimate of drug-likeness (QED) is 0.250. The van der Waals surface area contributed by atoms with Gasteiger partial charge in [0.2, 0.25) is 0 Å². The standard InChI is InChI=1S/C10H15.F6P.Ru/c1-6-7(2)9(4)10(5)8(6)3;1-7(2,3,4,5)6;/h1-5H3;;/q;-1;. The summed E-state index contributed by atoms with van der Waals surface area (Å²) in [6.07, 6.45) is 0. The summed E-state index contributed by atoms with van der Waals surface area (Å²) in [4.78, 5) is 0. The zero-order valence-corrected chi connectivity index (χ0v) is 13.2. The number of rotatable bonds is 0. The van der Waals surface area contributed by atoms with Crippen molar-refractivity contribution in [2.45, 2.75) is 34.6 Å². The minimum Gasteiger partial charge on any atom is 0 e. The van der Waals surface area contributed by atoms with Crippen LogP contribution in [0.4, 0.5) is 25.2 Å². The summed E-state index contributed by atoms with van der Waals surface area (Å²) in [6.45, 7) is 11.0. The van der Waals surface area contributed by atoms with Crippen LogP contribution in [0.1, 0.15) is 34.6 Å². The Morgan fingerprint density at radius 3 is 0.778 bits per heavy atom. The minimum atomic E-state index is -10.7. The van der Waals surface area contributed by atoms with Gasteiger partial charge in [-0.25, -0.2) is 0 Å². The molecule has 1 radical (unpaired) electrons. The minimum absolute atomic E-state index is 0. The van der Waals surface area contributed by atoms with Crippen molar-refractivity contribution in [1.29, 1.82) is 0 Å². The largest absolute Gasteiger partial charge is 0 e. The van der Waals surface area contributed by atoms with E-state index in [1.54, 1.807) is 0 Å². The van der Waals surface area contributed by atoms with Crippen LogP contribution in [0.2, 0.25) is 0 Å². The summed E-state index contributed by atoms with van der Waals surface area (Å²) in [5, 5.41) is 0. The van der Waals surface area contributed by atoms with Crippen LogP contribution in [0, 0.1) is 5.92 Å². The van der Waals surface area contributed by atoms with E-state index in [4.69, 9.17) is 0 Å². The molecule has 0 N–H and O–H groups in total. The van der Waals surface area contributed by atoms with Crippen LogP contribution in [-0.4, -0.2) is 0 Å². The molecule has 18 heavy (non-hydrogen) atoms. The fraction of sp³-hybridized carbons (Fsp3) is 0.500. The zero-order valence-electron chi connectivity index (χ0n) is 10.6. The van der Waals surface area contributed by atoms with Crippen molar-refractivity contribution in [3.8, 4) is 0 Å². The van der Waals surface area contributed by atoms with Crippen LogP contribution in [0.5, 0.6) is 0 Å². The van der Waals surface area contributed by atoms with Gasteiger partial charge < -0.3 is 0 Å². The van der Waals surface area contributed by atoms with Crippen LogP contribution >= 0.6 is 7.81 Å². The molecule has 0 nitrogen and oxygen atoms in total. The second-order valence-electron chi connectivity index (χ2n) is 4.08. The third-order valence-corrected chi connectivity index (χ3v) is 2.81. The molecule has 0 aromatic rings. The zero-order chi connectivity index (χ0) is 14.3. The van der Waals surface area contributed by atoms with Crippen molar-refractivity contribution in [3.05, 3.63) is 28.2 Å². The maximum Gasteiger partial charge on any atom is 0 e. The molecule has 0 saturated carbocycles. The van der Waals surface area contributed by atoms with E-state index in [1.807, 2.05) is 0 Å². The Hall–Kier alpha value is 0.113. The van der Waals surface area contributed by atoms with Gasteiger partial charge in [-0.15, -0.1) is 0 Å².